The number of anilines is 1. The van der Waals surface area contributed by atoms with Crippen LogP contribution in [0.25, 0.3) is 0 Å². The highest BCUT2D eigenvalue weighted by atomic mass is 32.1. The minimum absolute atomic E-state index is 0.0271. The standard InChI is InChI=1S/C24H31N3O5S/c1-14-4-6-16-19(12-14)33-24(22(16)23(25)30)27-21(29)9-8-20(28)26-11-10-15-5-7-17(31-2)18(13-15)32-3/h5,7,13-14H,4,6,8-12H2,1-3H3,(H2,25,30)(H,26,28)(H,27,29). The van der Waals surface area contributed by atoms with Crippen LogP contribution in [0.4, 0.5) is 5.00 Å². The fourth-order valence-corrected chi connectivity index (χ4v) is 5.42. The Balaban J connectivity index is 1.47. The molecule has 0 saturated heterocycles. The number of nitrogens with two attached hydrogens (primary N) is 1. The predicted molar refractivity (Wildman–Crippen MR) is 128 cm³/mol. The Labute approximate surface area is 197 Å². The van der Waals surface area contributed by atoms with Crippen molar-refractivity contribution in [3.05, 3.63) is 39.8 Å². The molecule has 9 heteroatoms. The number of fused-ring (bicyclic) bond motifs is 1. The number of methoxy groups -OCH3 is 2. The maximum Gasteiger partial charge on any atom is 0.251 e. The SMILES string of the molecule is COc1ccc(CCNC(=O)CCC(=O)Nc2sc3c(c2C(N)=O)CCC(C)C3)cc1OC. The Bertz CT molecular complexity index is 1030. The van der Waals surface area contributed by atoms with E-state index in [9.17, 15) is 14.4 Å². The molecule has 1 unspecified atom stereocenters. The number of hydrogen-bond acceptors (Lipinski definition) is 6. The van der Waals surface area contributed by atoms with Gasteiger partial charge in [0.25, 0.3) is 5.91 Å². The Hall–Kier alpha value is -3.07. The van der Waals surface area contributed by atoms with Gasteiger partial charge in [0.1, 0.15) is 5.00 Å². The van der Waals surface area contributed by atoms with Crippen molar-refractivity contribution < 1.29 is 23.9 Å². The summed E-state index contributed by atoms with van der Waals surface area (Å²) in [6.45, 7) is 2.62. The zero-order valence-corrected chi connectivity index (χ0v) is 20.1. The van der Waals surface area contributed by atoms with E-state index in [2.05, 4.69) is 17.6 Å². The highest BCUT2D eigenvalue weighted by Crippen LogP contribution is 2.39. The molecule has 3 amide bonds. The highest BCUT2D eigenvalue weighted by molar-refractivity contribution is 7.17. The van der Waals surface area contributed by atoms with Crippen molar-refractivity contribution in [1.29, 1.82) is 0 Å². The summed E-state index contributed by atoms with van der Waals surface area (Å²) in [5.74, 6) is 0.794. The smallest absolute Gasteiger partial charge is 0.251 e. The first-order valence-corrected chi connectivity index (χ1v) is 11.9. The van der Waals surface area contributed by atoms with Crippen molar-refractivity contribution in [2.45, 2.75) is 45.4 Å². The van der Waals surface area contributed by atoms with E-state index in [1.807, 2.05) is 18.2 Å². The number of carbonyl (C=O) groups excluding carboxylic acids is 3. The molecule has 0 fully saturated rings. The molecule has 1 aromatic carbocycles. The topological polar surface area (TPSA) is 120 Å². The first-order valence-electron chi connectivity index (χ1n) is 11.0. The number of benzene rings is 1. The molecule has 0 saturated carbocycles. The van der Waals surface area contributed by atoms with Crippen LogP contribution in [0.2, 0.25) is 0 Å². The number of thiophene rings is 1. The fraction of sp³-hybridized carbons (Fsp3) is 0.458. The average Bonchev–Trinajstić information content (AvgIpc) is 3.14. The van der Waals surface area contributed by atoms with Gasteiger partial charge in [-0.05, 0) is 54.9 Å². The van der Waals surface area contributed by atoms with Crippen molar-refractivity contribution in [2.75, 3.05) is 26.1 Å². The van der Waals surface area contributed by atoms with Crippen LogP contribution in [0.5, 0.6) is 11.5 Å². The predicted octanol–water partition coefficient (Wildman–Crippen LogP) is 3.07. The lowest BCUT2D eigenvalue weighted by Crippen LogP contribution is -2.27. The summed E-state index contributed by atoms with van der Waals surface area (Å²) in [6, 6.07) is 5.61. The Morgan fingerprint density at radius 1 is 1.12 bits per heavy atom. The van der Waals surface area contributed by atoms with E-state index in [1.165, 1.54) is 11.3 Å². The van der Waals surface area contributed by atoms with Crippen molar-refractivity contribution in [2.24, 2.45) is 11.7 Å². The van der Waals surface area contributed by atoms with Crippen molar-refractivity contribution in [3.63, 3.8) is 0 Å². The van der Waals surface area contributed by atoms with Gasteiger partial charge in [0.2, 0.25) is 11.8 Å². The third kappa shape index (κ3) is 6.25. The summed E-state index contributed by atoms with van der Waals surface area (Å²) in [6.07, 6.45) is 3.40. The first kappa shape index (κ1) is 24.6. The van der Waals surface area contributed by atoms with Gasteiger partial charge in [-0.3, -0.25) is 14.4 Å². The van der Waals surface area contributed by atoms with Crippen LogP contribution in [0.15, 0.2) is 18.2 Å². The summed E-state index contributed by atoms with van der Waals surface area (Å²) in [5.41, 5.74) is 7.98. The molecule has 1 aliphatic rings. The van der Waals surface area contributed by atoms with Crippen molar-refractivity contribution >= 4 is 34.1 Å². The van der Waals surface area contributed by atoms with E-state index in [0.717, 1.165) is 35.3 Å². The van der Waals surface area contributed by atoms with Gasteiger partial charge in [-0.2, -0.15) is 0 Å². The molecule has 1 aromatic heterocycles. The number of primary amides is 1. The van der Waals surface area contributed by atoms with Gasteiger partial charge in [-0.1, -0.05) is 13.0 Å². The van der Waals surface area contributed by atoms with Crippen LogP contribution in [0, 0.1) is 5.92 Å². The lowest BCUT2D eigenvalue weighted by Gasteiger charge is -2.18. The van der Waals surface area contributed by atoms with Crippen LogP contribution in [-0.4, -0.2) is 38.5 Å². The molecule has 0 spiro atoms. The van der Waals surface area contributed by atoms with Crippen LogP contribution in [-0.2, 0) is 28.9 Å². The molecule has 2 aromatic rings. The molecule has 4 N–H and O–H groups in total. The van der Waals surface area contributed by atoms with Gasteiger partial charge in [-0.15, -0.1) is 11.3 Å². The normalized spacial score (nSPS) is 14.8. The van der Waals surface area contributed by atoms with Crippen molar-refractivity contribution in [1.82, 2.24) is 5.32 Å². The van der Waals surface area contributed by atoms with Gasteiger partial charge in [0.15, 0.2) is 11.5 Å². The van der Waals surface area contributed by atoms with Crippen LogP contribution in [0.1, 0.15) is 52.5 Å². The molecular weight excluding hydrogens is 442 g/mol. The molecule has 33 heavy (non-hydrogen) atoms. The van der Waals surface area contributed by atoms with Gasteiger partial charge in [0, 0.05) is 24.3 Å². The number of ether oxygens (including phenoxy) is 2. The third-order valence-electron chi connectivity index (χ3n) is 5.77. The lowest BCUT2D eigenvalue weighted by atomic mass is 9.88. The molecule has 1 aliphatic carbocycles. The molecule has 0 radical (unpaired) electrons. The second-order valence-corrected chi connectivity index (χ2v) is 9.36. The summed E-state index contributed by atoms with van der Waals surface area (Å²) in [5, 5.41) is 6.13. The Morgan fingerprint density at radius 2 is 1.85 bits per heavy atom. The second kappa shape index (κ2) is 11.2. The molecular formula is C24H31N3O5S. The third-order valence-corrected chi connectivity index (χ3v) is 6.94. The Kier molecular flexibility index (Phi) is 8.32. The average molecular weight is 474 g/mol. The number of hydrogen-bond donors (Lipinski definition) is 3. The largest absolute Gasteiger partial charge is 0.493 e. The molecule has 0 aliphatic heterocycles. The molecule has 178 valence electrons. The lowest BCUT2D eigenvalue weighted by molar-refractivity contribution is -0.124. The van der Waals surface area contributed by atoms with E-state index in [4.69, 9.17) is 15.2 Å². The van der Waals surface area contributed by atoms with Gasteiger partial charge >= 0.3 is 0 Å². The first-order chi connectivity index (χ1) is 15.8. The van der Waals surface area contributed by atoms with Crippen molar-refractivity contribution in [3.8, 4) is 11.5 Å². The summed E-state index contributed by atoms with van der Waals surface area (Å²) in [4.78, 5) is 37.7. The fourth-order valence-electron chi connectivity index (χ4n) is 3.99. The second-order valence-electron chi connectivity index (χ2n) is 8.26. The number of amides is 3. The minimum Gasteiger partial charge on any atom is -0.493 e. The van der Waals surface area contributed by atoms with E-state index in [0.29, 0.717) is 40.9 Å². The molecule has 0 bridgehead atoms. The summed E-state index contributed by atoms with van der Waals surface area (Å²) < 4.78 is 10.5. The highest BCUT2D eigenvalue weighted by Gasteiger charge is 2.27. The Morgan fingerprint density at radius 3 is 2.55 bits per heavy atom. The zero-order chi connectivity index (χ0) is 24.0. The number of rotatable bonds is 10. The van der Waals surface area contributed by atoms with Crippen LogP contribution < -0.4 is 25.8 Å². The zero-order valence-electron chi connectivity index (χ0n) is 19.3. The van der Waals surface area contributed by atoms with Gasteiger partial charge in [-0.25, -0.2) is 0 Å². The van der Waals surface area contributed by atoms with E-state index >= 15 is 0 Å². The minimum atomic E-state index is -0.523. The maximum atomic E-state index is 12.4. The number of carbonyl (C=O) groups is 3. The number of nitrogens with one attached hydrogen (secondary N) is 2. The monoisotopic (exact) mass is 473 g/mol. The summed E-state index contributed by atoms with van der Waals surface area (Å²) >= 11 is 1.42. The molecule has 3 rings (SSSR count). The molecule has 1 atom stereocenters. The van der Waals surface area contributed by atoms with Gasteiger partial charge in [0.05, 0.1) is 19.8 Å². The van der Waals surface area contributed by atoms with Gasteiger partial charge < -0.3 is 25.8 Å². The van der Waals surface area contributed by atoms with E-state index in [1.54, 1.807) is 14.2 Å². The summed E-state index contributed by atoms with van der Waals surface area (Å²) in [7, 11) is 3.16. The van der Waals surface area contributed by atoms with Crippen LogP contribution >= 0.6 is 11.3 Å². The maximum absolute atomic E-state index is 12.4. The van der Waals surface area contributed by atoms with E-state index in [-0.39, 0.29) is 24.7 Å². The quantitative estimate of drug-likeness (QED) is 0.490. The molecule has 8 nitrogen and oxygen atoms in total. The van der Waals surface area contributed by atoms with Crippen LogP contribution in [0.3, 0.4) is 0 Å². The molecule has 1 heterocycles. The van der Waals surface area contributed by atoms with E-state index < -0.39 is 5.91 Å².